The van der Waals surface area contributed by atoms with E-state index in [0.717, 1.165) is 103 Å². The fourth-order valence-corrected chi connectivity index (χ4v) is 7.31. The van der Waals surface area contributed by atoms with E-state index in [1.807, 2.05) is 36.4 Å². The van der Waals surface area contributed by atoms with Crippen molar-refractivity contribution >= 4 is 50.5 Å². The van der Waals surface area contributed by atoms with Gasteiger partial charge in [0.1, 0.15) is 16.9 Å². The summed E-state index contributed by atoms with van der Waals surface area (Å²) < 4.78 is 12.1. The van der Waals surface area contributed by atoms with Crippen LogP contribution in [0.3, 0.4) is 0 Å². The van der Waals surface area contributed by atoms with Crippen molar-refractivity contribution in [3.05, 3.63) is 230 Å². The van der Waals surface area contributed by atoms with Crippen molar-refractivity contribution < 1.29 is 70.7 Å². The number of nitrogen functional groups attached to an aromatic ring is 1. The molecule has 0 aliphatic carbocycles. The fourth-order valence-electron chi connectivity index (χ4n) is 7.31. The van der Waals surface area contributed by atoms with Gasteiger partial charge in [-0.05, 0) is 76.2 Å². The van der Waals surface area contributed by atoms with Crippen LogP contribution in [0, 0.1) is 53.7 Å². The third-order valence-electron chi connectivity index (χ3n) is 11.1. The monoisotopic (exact) mass is 1020 g/mol. The molecule has 0 radical (unpaired) electrons. The van der Waals surface area contributed by atoms with Gasteiger partial charge in [-0.15, -0.1) is 5.60 Å². The number of rotatable bonds is 8. The fraction of sp³-hybridized carbons (Fsp3) is 0.133. The van der Waals surface area contributed by atoms with Crippen molar-refractivity contribution in [1.29, 1.82) is 0 Å². The zero-order chi connectivity index (χ0) is 53.1. The van der Waals surface area contributed by atoms with Gasteiger partial charge in [-0.3, -0.25) is 20.2 Å². The molecular weight excluding hydrogens is 971 g/mol. The first-order valence-corrected chi connectivity index (χ1v) is 23.6. The van der Waals surface area contributed by atoms with Crippen molar-refractivity contribution in [3.63, 3.8) is 0 Å². The molecule has 10 aromatic rings. The summed E-state index contributed by atoms with van der Waals surface area (Å²) in [5, 5.41) is 34.4. The van der Waals surface area contributed by atoms with Crippen molar-refractivity contribution in [1.82, 2.24) is 19.9 Å². The maximum absolute atomic E-state index is 12.1. The number of anilines is 3. The number of aryl methyl sites for hydroxylation is 4. The average Bonchev–Trinajstić information content (AvgIpc) is 3.37. The molecule has 0 amide bonds. The van der Waals surface area contributed by atoms with E-state index in [2.05, 4.69) is 130 Å². The summed E-state index contributed by atoms with van der Waals surface area (Å²) >= 11 is 0. The number of nitro benzene ring substituents is 2. The molecule has 0 bridgehead atoms. The Kier molecular flexibility index (Phi) is 19.3. The summed E-state index contributed by atoms with van der Waals surface area (Å²) in [5.41, 5.74) is 22.8. The molecule has 8 aromatic carbocycles. The minimum absolute atomic E-state index is 0. The molecule has 10 rings (SSSR count). The number of hydrogen-bond acceptors (Lipinski definition) is 11. The maximum Gasteiger partial charge on any atom is 1.00 e. The van der Waals surface area contributed by atoms with Gasteiger partial charge in [0.25, 0.3) is 11.4 Å². The SMILES string of the molecule is CC(C)(C)[O-].Cc1ccc(-c2nc3cccc(N)c3nc2-c2ccc(C)cc2)cc1.Cc1ccc(-c2nc3cccc(Nc4ccc([N+](=O)[O-])cc4)c3nc2-c2ccc(C)cc2)cc1.O=[N+]([O-])c1ccc(F)cc1.[K+]. The Morgan fingerprint density at radius 1 is 0.467 bits per heavy atom. The number of para-hydroxylation sites is 2. The zero-order valence-corrected chi connectivity index (χ0v) is 46.1. The van der Waals surface area contributed by atoms with Crippen LogP contribution in [0.5, 0.6) is 0 Å². The normalized spacial score (nSPS) is 10.6. The number of fused-ring (bicyclic) bond motifs is 2. The molecule has 0 saturated heterocycles. The zero-order valence-electron chi connectivity index (χ0n) is 43.0. The predicted molar refractivity (Wildman–Crippen MR) is 293 cm³/mol. The predicted octanol–water partition coefficient (Wildman–Crippen LogP) is 11.3. The van der Waals surface area contributed by atoms with Gasteiger partial charge in [0.05, 0.1) is 55.0 Å². The first kappa shape index (κ1) is 56.7. The second-order valence-corrected chi connectivity index (χ2v) is 18.5. The first-order valence-electron chi connectivity index (χ1n) is 23.6. The van der Waals surface area contributed by atoms with Crippen LogP contribution in [-0.2, 0) is 0 Å². The van der Waals surface area contributed by atoms with Crippen molar-refractivity contribution in [2.24, 2.45) is 0 Å². The molecule has 372 valence electrons. The van der Waals surface area contributed by atoms with E-state index < -0.39 is 21.3 Å². The van der Waals surface area contributed by atoms with Crippen LogP contribution in [0.2, 0.25) is 0 Å². The van der Waals surface area contributed by atoms with Gasteiger partial charge in [-0.25, -0.2) is 24.3 Å². The van der Waals surface area contributed by atoms with Gasteiger partial charge in [0, 0.05) is 52.2 Å². The Hall–Kier alpha value is -7.63. The molecule has 75 heavy (non-hydrogen) atoms. The molecular formula is C60H54FKN8O5. The van der Waals surface area contributed by atoms with Crippen LogP contribution in [0.25, 0.3) is 67.1 Å². The average molecular weight is 1030 g/mol. The summed E-state index contributed by atoms with van der Waals surface area (Å²) in [6.45, 7) is 13.2. The molecule has 13 nitrogen and oxygen atoms in total. The number of nitrogens with one attached hydrogen (secondary N) is 1. The van der Waals surface area contributed by atoms with Gasteiger partial charge < -0.3 is 16.2 Å². The minimum atomic E-state index is -0.750. The summed E-state index contributed by atoms with van der Waals surface area (Å²) in [4.78, 5) is 39.9. The number of nitrogens with zero attached hydrogens (tertiary/aromatic N) is 6. The van der Waals surface area contributed by atoms with Gasteiger partial charge in [-0.2, -0.15) is 0 Å². The molecule has 3 N–H and O–H groups in total. The molecule has 0 aliphatic heterocycles. The molecule has 0 saturated carbocycles. The first-order chi connectivity index (χ1) is 35.3. The number of benzene rings is 8. The minimum Gasteiger partial charge on any atom is -0.850 e. The second-order valence-electron chi connectivity index (χ2n) is 18.5. The Labute approximate surface area is 477 Å². The molecule has 0 unspecified atom stereocenters. The molecule has 0 fully saturated rings. The van der Waals surface area contributed by atoms with Crippen LogP contribution >= 0.6 is 0 Å². The summed E-state index contributed by atoms with van der Waals surface area (Å²) in [7, 11) is 0. The van der Waals surface area contributed by atoms with Crippen molar-refractivity contribution in [3.8, 4) is 45.0 Å². The molecule has 0 aliphatic rings. The van der Waals surface area contributed by atoms with Gasteiger partial charge in [0.2, 0.25) is 0 Å². The number of hydrogen-bond donors (Lipinski definition) is 2. The van der Waals surface area contributed by atoms with Crippen LogP contribution in [0.4, 0.5) is 32.8 Å². The Bertz CT molecular complexity index is 3550. The van der Waals surface area contributed by atoms with Crippen molar-refractivity contribution in [2.45, 2.75) is 54.1 Å². The smallest absolute Gasteiger partial charge is 0.850 e. The van der Waals surface area contributed by atoms with E-state index in [0.29, 0.717) is 5.69 Å². The largest absolute Gasteiger partial charge is 1.00 e. The second kappa shape index (κ2) is 25.5. The Balaban J connectivity index is 0.000000194. The topological polar surface area (TPSA) is 199 Å². The number of halogens is 1. The molecule has 0 spiro atoms. The van der Waals surface area contributed by atoms with E-state index in [1.165, 1.54) is 34.4 Å². The van der Waals surface area contributed by atoms with Crippen LogP contribution in [-0.4, -0.2) is 35.4 Å². The van der Waals surface area contributed by atoms with Gasteiger partial charge >= 0.3 is 51.4 Å². The summed E-state index contributed by atoms with van der Waals surface area (Å²) in [6, 6.07) is 55.5. The summed E-state index contributed by atoms with van der Waals surface area (Å²) in [5.74, 6) is -0.467. The number of non-ortho nitro benzene ring substituents is 2. The standard InChI is InChI=1S/C28H22N4O2.C22H19N3.C6H4FNO2.C4H9O.K/c1-18-6-10-20(11-7-18)26-27(21-12-8-19(2)9-13-21)31-28-24(4-3-5-25(28)30-26)29-22-14-16-23(17-15-22)32(33)34;1-14-6-10-16(11-7-14)20-21(17-12-8-15(2)9-13-17)25-22-18(23)4-3-5-19(22)24-20;7-5-1-3-6(4-2-5)8(9)10;1-4(2,3)5;/h3-17,29H,1-2H3;3-13H,23H2,1-2H3;1-4H;1-3H3;/q;;;-1;+1. The third kappa shape index (κ3) is 15.7. The van der Waals surface area contributed by atoms with Crippen molar-refractivity contribution in [2.75, 3.05) is 11.1 Å². The van der Waals surface area contributed by atoms with Crippen LogP contribution < -0.4 is 67.5 Å². The number of aromatic nitrogens is 4. The number of nitrogens with two attached hydrogens (primary N) is 1. The van der Waals surface area contributed by atoms with Crippen LogP contribution in [0.1, 0.15) is 43.0 Å². The Morgan fingerprint density at radius 2 is 0.787 bits per heavy atom. The molecule has 15 heteroatoms. The molecule has 2 heterocycles. The van der Waals surface area contributed by atoms with Gasteiger partial charge in [0.15, 0.2) is 0 Å². The molecule has 2 aromatic heterocycles. The van der Waals surface area contributed by atoms with E-state index >= 15 is 0 Å². The van der Waals surface area contributed by atoms with E-state index in [9.17, 15) is 29.7 Å². The maximum atomic E-state index is 12.1. The van der Waals surface area contributed by atoms with E-state index in [4.69, 9.17) is 25.7 Å². The quantitative estimate of drug-likeness (QED) is 0.0635. The third-order valence-corrected chi connectivity index (χ3v) is 11.1. The van der Waals surface area contributed by atoms with Gasteiger partial charge in [-0.1, -0.05) is 152 Å². The van der Waals surface area contributed by atoms with Crippen LogP contribution in [0.15, 0.2) is 182 Å². The summed E-state index contributed by atoms with van der Waals surface area (Å²) in [6.07, 6.45) is 0. The van der Waals surface area contributed by atoms with E-state index in [1.54, 1.807) is 32.9 Å². The number of nitro groups is 2. The Morgan fingerprint density at radius 3 is 1.16 bits per heavy atom. The van der Waals surface area contributed by atoms with E-state index in [-0.39, 0.29) is 62.8 Å². The molecule has 0 atom stereocenters.